The highest BCUT2D eigenvalue weighted by atomic mass is 35.5. The first-order valence-electron chi connectivity index (χ1n) is 8.12. The standard InChI is InChI=1S/C17H17Cl2FN6O/c1-9-15(19)10(2)26(23-9)11(3)16(27)22-17-21-8-25(24-17)7-12-13(18)5-4-6-14(12)20/h4-6,8,11H,7H2,1-3H3,(H,22,24,27). The summed E-state index contributed by atoms with van der Waals surface area (Å²) in [7, 11) is 0. The van der Waals surface area contributed by atoms with Gasteiger partial charge in [-0.1, -0.05) is 29.3 Å². The minimum absolute atomic E-state index is 0.0942. The molecule has 1 N–H and O–H groups in total. The molecule has 27 heavy (non-hydrogen) atoms. The zero-order chi connectivity index (χ0) is 19.7. The summed E-state index contributed by atoms with van der Waals surface area (Å²) in [4.78, 5) is 16.5. The van der Waals surface area contributed by atoms with Gasteiger partial charge in [-0.25, -0.2) is 14.1 Å². The topological polar surface area (TPSA) is 77.6 Å². The molecule has 2 aromatic heterocycles. The molecule has 1 unspecified atom stereocenters. The van der Waals surface area contributed by atoms with E-state index in [1.807, 2.05) is 0 Å². The fraction of sp³-hybridized carbons (Fsp3) is 0.294. The van der Waals surface area contributed by atoms with Crippen molar-refractivity contribution in [2.24, 2.45) is 0 Å². The van der Waals surface area contributed by atoms with Gasteiger partial charge in [-0.15, -0.1) is 5.10 Å². The van der Waals surface area contributed by atoms with E-state index in [2.05, 4.69) is 20.5 Å². The van der Waals surface area contributed by atoms with Gasteiger partial charge in [0.1, 0.15) is 18.2 Å². The second kappa shape index (κ2) is 7.66. The number of halogens is 3. The molecule has 10 heteroatoms. The smallest absolute Gasteiger partial charge is 0.251 e. The molecule has 1 aromatic carbocycles. The van der Waals surface area contributed by atoms with E-state index in [0.29, 0.717) is 27.0 Å². The van der Waals surface area contributed by atoms with Crippen molar-refractivity contribution < 1.29 is 9.18 Å². The van der Waals surface area contributed by atoms with Crippen LogP contribution in [0.5, 0.6) is 0 Å². The van der Waals surface area contributed by atoms with Crippen molar-refractivity contribution in [3.8, 4) is 0 Å². The lowest BCUT2D eigenvalue weighted by atomic mass is 10.2. The Morgan fingerprint density at radius 3 is 2.67 bits per heavy atom. The van der Waals surface area contributed by atoms with Crippen LogP contribution < -0.4 is 5.32 Å². The maximum absolute atomic E-state index is 13.9. The van der Waals surface area contributed by atoms with Gasteiger partial charge in [0, 0.05) is 10.6 Å². The Labute approximate surface area is 165 Å². The van der Waals surface area contributed by atoms with E-state index in [1.54, 1.807) is 31.5 Å². The lowest BCUT2D eigenvalue weighted by molar-refractivity contribution is -0.119. The number of carbonyl (C=O) groups is 1. The molecular formula is C17H17Cl2FN6O. The highest BCUT2D eigenvalue weighted by molar-refractivity contribution is 6.32. The fourth-order valence-corrected chi connectivity index (χ4v) is 2.97. The summed E-state index contributed by atoms with van der Waals surface area (Å²) in [5.41, 5.74) is 1.65. The van der Waals surface area contributed by atoms with Crippen LogP contribution in [-0.4, -0.2) is 30.5 Å². The highest BCUT2D eigenvalue weighted by Gasteiger charge is 2.21. The van der Waals surface area contributed by atoms with Crippen LogP contribution in [0.15, 0.2) is 24.5 Å². The van der Waals surface area contributed by atoms with Crippen LogP contribution in [0.2, 0.25) is 10.0 Å². The Morgan fingerprint density at radius 1 is 1.30 bits per heavy atom. The Hall–Kier alpha value is -2.45. The van der Waals surface area contributed by atoms with E-state index in [9.17, 15) is 9.18 Å². The SMILES string of the molecule is Cc1nn(C(C)C(=O)Nc2ncn(Cc3c(F)cccc3Cl)n2)c(C)c1Cl. The van der Waals surface area contributed by atoms with Gasteiger partial charge in [0.25, 0.3) is 5.91 Å². The molecular weight excluding hydrogens is 394 g/mol. The molecule has 0 spiro atoms. The molecule has 3 aromatic rings. The first-order chi connectivity index (χ1) is 12.8. The number of anilines is 1. The molecule has 0 saturated heterocycles. The Kier molecular flexibility index (Phi) is 5.48. The van der Waals surface area contributed by atoms with Crippen LogP contribution in [0, 0.1) is 19.7 Å². The van der Waals surface area contributed by atoms with Gasteiger partial charge in [0.2, 0.25) is 5.95 Å². The lowest BCUT2D eigenvalue weighted by Crippen LogP contribution is -2.25. The van der Waals surface area contributed by atoms with E-state index < -0.39 is 11.9 Å². The van der Waals surface area contributed by atoms with Crippen molar-refractivity contribution in [1.29, 1.82) is 0 Å². The predicted octanol–water partition coefficient (Wildman–Crippen LogP) is 3.79. The first kappa shape index (κ1) is 19.3. The predicted molar refractivity (Wildman–Crippen MR) is 101 cm³/mol. The monoisotopic (exact) mass is 410 g/mol. The minimum Gasteiger partial charge on any atom is -0.291 e. The summed E-state index contributed by atoms with van der Waals surface area (Å²) in [6.07, 6.45) is 1.39. The number of rotatable bonds is 5. The number of hydrogen-bond acceptors (Lipinski definition) is 4. The van der Waals surface area contributed by atoms with Gasteiger partial charge < -0.3 is 0 Å². The summed E-state index contributed by atoms with van der Waals surface area (Å²) in [5.74, 6) is -0.676. The second-order valence-corrected chi connectivity index (χ2v) is 6.85. The third kappa shape index (κ3) is 3.96. The molecule has 0 aliphatic heterocycles. The summed E-state index contributed by atoms with van der Waals surface area (Å²) >= 11 is 12.1. The van der Waals surface area contributed by atoms with Crippen LogP contribution in [0.25, 0.3) is 0 Å². The molecule has 0 radical (unpaired) electrons. The summed E-state index contributed by atoms with van der Waals surface area (Å²) < 4.78 is 16.8. The van der Waals surface area contributed by atoms with E-state index >= 15 is 0 Å². The molecule has 0 aliphatic carbocycles. The molecule has 0 fully saturated rings. The molecule has 142 valence electrons. The molecule has 3 rings (SSSR count). The first-order valence-corrected chi connectivity index (χ1v) is 8.88. The maximum Gasteiger partial charge on any atom is 0.251 e. The molecule has 1 atom stereocenters. The van der Waals surface area contributed by atoms with Gasteiger partial charge in [-0.05, 0) is 32.9 Å². The number of carbonyl (C=O) groups excluding carboxylic acids is 1. The number of benzene rings is 1. The Morgan fingerprint density at radius 2 is 2.04 bits per heavy atom. The van der Waals surface area contributed by atoms with Gasteiger partial charge in [-0.2, -0.15) is 5.10 Å². The average molecular weight is 411 g/mol. The third-order valence-electron chi connectivity index (χ3n) is 4.14. The quantitative estimate of drug-likeness (QED) is 0.693. The zero-order valence-electron chi connectivity index (χ0n) is 14.9. The third-order valence-corrected chi connectivity index (χ3v) is 5.04. The Balaban J connectivity index is 1.72. The summed E-state index contributed by atoms with van der Waals surface area (Å²) in [6, 6.07) is 3.84. The largest absolute Gasteiger partial charge is 0.291 e. The summed E-state index contributed by atoms with van der Waals surface area (Å²) in [6.45, 7) is 5.35. The van der Waals surface area contributed by atoms with Crippen LogP contribution >= 0.6 is 23.2 Å². The van der Waals surface area contributed by atoms with E-state index in [0.717, 1.165) is 0 Å². The maximum atomic E-state index is 13.9. The number of aryl methyl sites for hydroxylation is 1. The van der Waals surface area contributed by atoms with Gasteiger partial charge in [-0.3, -0.25) is 14.8 Å². The van der Waals surface area contributed by atoms with E-state index in [4.69, 9.17) is 23.2 Å². The van der Waals surface area contributed by atoms with Crippen molar-refractivity contribution in [3.63, 3.8) is 0 Å². The average Bonchev–Trinajstić information content (AvgIpc) is 3.17. The molecule has 1 amide bonds. The number of nitrogens with one attached hydrogen (secondary N) is 1. The van der Waals surface area contributed by atoms with Crippen molar-refractivity contribution >= 4 is 35.1 Å². The van der Waals surface area contributed by atoms with Gasteiger partial charge in [0.15, 0.2) is 0 Å². The van der Waals surface area contributed by atoms with Crippen LogP contribution in [0.4, 0.5) is 10.3 Å². The lowest BCUT2D eigenvalue weighted by Gasteiger charge is -2.13. The van der Waals surface area contributed by atoms with Crippen LogP contribution in [-0.2, 0) is 11.3 Å². The van der Waals surface area contributed by atoms with E-state index in [-0.39, 0.29) is 18.4 Å². The van der Waals surface area contributed by atoms with E-state index in [1.165, 1.54) is 23.1 Å². The zero-order valence-corrected chi connectivity index (χ0v) is 16.4. The number of amides is 1. The number of aromatic nitrogens is 5. The normalized spacial score (nSPS) is 12.2. The van der Waals surface area contributed by atoms with Gasteiger partial charge >= 0.3 is 0 Å². The molecule has 0 saturated carbocycles. The van der Waals surface area contributed by atoms with Crippen molar-refractivity contribution in [2.45, 2.75) is 33.4 Å². The van der Waals surface area contributed by atoms with Gasteiger partial charge in [0.05, 0.1) is 23.0 Å². The number of nitrogens with zero attached hydrogens (tertiary/aromatic N) is 5. The van der Waals surface area contributed by atoms with Crippen molar-refractivity contribution in [2.75, 3.05) is 5.32 Å². The molecule has 7 nitrogen and oxygen atoms in total. The van der Waals surface area contributed by atoms with Crippen LogP contribution in [0.3, 0.4) is 0 Å². The molecule has 0 aliphatic rings. The highest BCUT2D eigenvalue weighted by Crippen LogP contribution is 2.23. The Bertz CT molecular complexity index is 979. The number of hydrogen-bond donors (Lipinski definition) is 1. The summed E-state index contributed by atoms with van der Waals surface area (Å²) in [5, 5.41) is 11.9. The fourth-order valence-electron chi connectivity index (χ4n) is 2.62. The van der Waals surface area contributed by atoms with Crippen molar-refractivity contribution in [1.82, 2.24) is 24.5 Å². The van der Waals surface area contributed by atoms with Crippen molar-refractivity contribution in [3.05, 3.63) is 57.3 Å². The second-order valence-electron chi connectivity index (χ2n) is 6.06. The van der Waals surface area contributed by atoms with Crippen LogP contribution in [0.1, 0.15) is 29.9 Å². The molecule has 2 heterocycles. The minimum atomic E-state index is -0.607. The molecule has 0 bridgehead atoms.